The topological polar surface area (TPSA) is 54.9 Å². The molecule has 0 aliphatic carbocycles. The maximum Gasteiger partial charge on any atom is 0.226 e. The average molecular weight is 259 g/mol. The maximum absolute atomic E-state index is 11.5. The Kier molecular flexibility index (Phi) is 4.20. The number of nitrogens with zero attached hydrogens (tertiary/aromatic N) is 2. The Bertz CT molecular complexity index is 536. The Balaban J connectivity index is 2.02. The molecule has 0 saturated carbocycles. The predicted octanol–water partition coefficient (Wildman–Crippen LogP) is 2.05. The molecule has 2 rings (SSSR count). The van der Waals surface area contributed by atoms with Gasteiger partial charge in [0.25, 0.3) is 0 Å². The molecule has 0 fully saturated rings. The van der Waals surface area contributed by atoms with Crippen molar-refractivity contribution >= 4 is 17.2 Å². The van der Waals surface area contributed by atoms with E-state index in [-0.39, 0.29) is 12.3 Å². The molecule has 0 aromatic carbocycles. The Hall–Kier alpha value is -2.01. The number of nitrogens with one attached hydrogen (secondary N) is 1. The first-order chi connectivity index (χ1) is 8.79. The lowest BCUT2D eigenvalue weighted by Gasteiger charge is -1.99. The average Bonchev–Trinajstić information content (AvgIpc) is 2.86. The first-order valence-corrected chi connectivity index (χ1v) is 6.41. The molecule has 0 aliphatic rings. The standard InChI is InChI=1S/C13H13N3OS/c1-2-6-15-12(17)8-10-9-18-13(16-10)11-5-3-4-7-14-11/h2-5,7,9H,1,6,8H2,(H,15,17). The van der Waals surface area contributed by atoms with Gasteiger partial charge in [0.2, 0.25) is 5.91 Å². The molecule has 5 heteroatoms. The lowest BCUT2D eigenvalue weighted by molar-refractivity contribution is -0.120. The summed E-state index contributed by atoms with van der Waals surface area (Å²) in [6, 6.07) is 5.68. The molecule has 2 aromatic rings. The van der Waals surface area contributed by atoms with E-state index in [0.29, 0.717) is 6.54 Å². The van der Waals surface area contributed by atoms with Crippen LogP contribution in [0.25, 0.3) is 10.7 Å². The summed E-state index contributed by atoms with van der Waals surface area (Å²) in [4.78, 5) is 20.1. The van der Waals surface area contributed by atoms with Crippen LogP contribution in [0.4, 0.5) is 0 Å². The molecule has 0 aliphatic heterocycles. The van der Waals surface area contributed by atoms with Crippen LogP contribution in [0.3, 0.4) is 0 Å². The van der Waals surface area contributed by atoms with E-state index in [1.807, 2.05) is 23.6 Å². The van der Waals surface area contributed by atoms with Crippen molar-refractivity contribution in [1.82, 2.24) is 15.3 Å². The van der Waals surface area contributed by atoms with Crippen LogP contribution in [-0.4, -0.2) is 22.4 Å². The summed E-state index contributed by atoms with van der Waals surface area (Å²) < 4.78 is 0. The number of hydrogen-bond acceptors (Lipinski definition) is 4. The van der Waals surface area contributed by atoms with E-state index in [1.165, 1.54) is 11.3 Å². The van der Waals surface area contributed by atoms with Gasteiger partial charge in [-0.3, -0.25) is 9.78 Å². The van der Waals surface area contributed by atoms with Crippen molar-refractivity contribution in [3.8, 4) is 10.7 Å². The molecule has 0 radical (unpaired) electrons. The Morgan fingerprint density at radius 3 is 3.11 bits per heavy atom. The van der Waals surface area contributed by atoms with Crippen LogP contribution in [0.2, 0.25) is 0 Å². The molecule has 2 heterocycles. The summed E-state index contributed by atoms with van der Waals surface area (Å²) >= 11 is 1.49. The molecule has 18 heavy (non-hydrogen) atoms. The molecule has 2 aromatic heterocycles. The summed E-state index contributed by atoms with van der Waals surface area (Å²) in [6.07, 6.45) is 3.67. The largest absolute Gasteiger partial charge is 0.352 e. The highest BCUT2D eigenvalue weighted by atomic mass is 32.1. The van der Waals surface area contributed by atoms with Gasteiger partial charge in [0.1, 0.15) is 5.01 Å². The number of carbonyl (C=O) groups is 1. The number of rotatable bonds is 5. The zero-order valence-corrected chi connectivity index (χ0v) is 10.6. The summed E-state index contributed by atoms with van der Waals surface area (Å²) in [7, 11) is 0. The van der Waals surface area contributed by atoms with Crippen molar-refractivity contribution in [2.45, 2.75) is 6.42 Å². The van der Waals surface area contributed by atoms with Crippen molar-refractivity contribution in [2.75, 3.05) is 6.54 Å². The normalized spacial score (nSPS) is 10.0. The second-order valence-electron chi connectivity index (χ2n) is 3.63. The van der Waals surface area contributed by atoms with Crippen LogP contribution >= 0.6 is 11.3 Å². The van der Waals surface area contributed by atoms with Crippen LogP contribution < -0.4 is 5.32 Å². The highest BCUT2D eigenvalue weighted by Crippen LogP contribution is 2.21. The Labute approximate surface area is 109 Å². The van der Waals surface area contributed by atoms with Crippen LogP contribution in [0.1, 0.15) is 5.69 Å². The van der Waals surface area contributed by atoms with Gasteiger partial charge in [-0.05, 0) is 12.1 Å². The fraction of sp³-hybridized carbons (Fsp3) is 0.154. The number of amides is 1. The molecule has 0 saturated heterocycles. The molecule has 1 amide bonds. The van der Waals surface area contributed by atoms with E-state index in [0.717, 1.165) is 16.4 Å². The first-order valence-electron chi connectivity index (χ1n) is 5.53. The highest BCUT2D eigenvalue weighted by molar-refractivity contribution is 7.13. The summed E-state index contributed by atoms with van der Waals surface area (Å²) in [5.74, 6) is -0.0484. The van der Waals surface area contributed by atoms with Gasteiger partial charge in [-0.25, -0.2) is 4.98 Å². The van der Waals surface area contributed by atoms with Crippen molar-refractivity contribution in [3.63, 3.8) is 0 Å². The maximum atomic E-state index is 11.5. The SMILES string of the molecule is C=CCNC(=O)Cc1csc(-c2ccccn2)n1. The zero-order chi connectivity index (χ0) is 12.8. The lowest BCUT2D eigenvalue weighted by Crippen LogP contribution is -2.25. The Morgan fingerprint density at radius 2 is 2.39 bits per heavy atom. The van der Waals surface area contributed by atoms with E-state index < -0.39 is 0 Å². The van der Waals surface area contributed by atoms with E-state index in [1.54, 1.807) is 12.3 Å². The molecule has 0 atom stereocenters. The van der Waals surface area contributed by atoms with E-state index in [2.05, 4.69) is 21.9 Å². The van der Waals surface area contributed by atoms with Gasteiger partial charge in [-0.1, -0.05) is 12.1 Å². The smallest absolute Gasteiger partial charge is 0.226 e. The fourth-order valence-corrected chi connectivity index (χ4v) is 2.20. The quantitative estimate of drug-likeness (QED) is 0.836. The van der Waals surface area contributed by atoms with Gasteiger partial charge in [-0.15, -0.1) is 17.9 Å². The van der Waals surface area contributed by atoms with Gasteiger partial charge in [0.15, 0.2) is 0 Å². The lowest BCUT2D eigenvalue weighted by atomic mass is 10.3. The number of aromatic nitrogens is 2. The molecule has 0 spiro atoms. The number of pyridine rings is 1. The second kappa shape index (κ2) is 6.07. The monoisotopic (exact) mass is 259 g/mol. The summed E-state index contributed by atoms with van der Waals surface area (Å²) in [5.41, 5.74) is 1.60. The van der Waals surface area contributed by atoms with Crippen molar-refractivity contribution in [2.24, 2.45) is 0 Å². The molecule has 4 nitrogen and oxygen atoms in total. The van der Waals surface area contributed by atoms with Gasteiger partial charge in [0.05, 0.1) is 17.8 Å². The minimum atomic E-state index is -0.0484. The van der Waals surface area contributed by atoms with Gasteiger partial charge >= 0.3 is 0 Å². The first kappa shape index (κ1) is 12.4. The van der Waals surface area contributed by atoms with Crippen molar-refractivity contribution < 1.29 is 4.79 Å². The third-order valence-electron chi connectivity index (χ3n) is 2.22. The molecule has 1 N–H and O–H groups in total. The van der Waals surface area contributed by atoms with Crippen molar-refractivity contribution in [1.29, 1.82) is 0 Å². The third kappa shape index (κ3) is 3.24. The van der Waals surface area contributed by atoms with Crippen LogP contribution in [0.5, 0.6) is 0 Å². The second-order valence-corrected chi connectivity index (χ2v) is 4.49. The van der Waals surface area contributed by atoms with Crippen LogP contribution in [-0.2, 0) is 11.2 Å². The summed E-state index contributed by atoms with van der Waals surface area (Å²) in [5, 5.41) is 5.44. The van der Waals surface area contributed by atoms with E-state index >= 15 is 0 Å². The molecule has 0 unspecified atom stereocenters. The molecule has 0 bridgehead atoms. The minimum absolute atomic E-state index is 0.0484. The fourth-order valence-electron chi connectivity index (χ4n) is 1.41. The van der Waals surface area contributed by atoms with E-state index in [4.69, 9.17) is 0 Å². The zero-order valence-electron chi connectivity index (χ0n) is 9.80. The summed E-state index contributed by atoms with van der Waals surface area (Å²) in [6.45, 7) is 4.03. The minimum Gasteiger partial charge on any atom is -0.352 e. The number of thiazole rings is 1. The van der Waals surface area contributed by atoms with Crippen molar-refractivity contribution in [3.05, 3.63) is 48.1 Å². The van der Waals surface area contributed by atoms with Crippen LogP contribution in [0, 0.1) is 0 Å². The number of hydrogen-bond donors (Lipinski definition) is 1. The van der Waals surface area contributed by atoms with Gasteiger partial charge in [-0.2, -0.15) is 0 Å². The molecule has 92 valence electrons. The molecular weight excluding hydrogens is 246 g/mol. The van der Waals surface area contributed by atoms with Crippen LogP contribution in [0.15, 0.2) is 42.4 Å². The highest BCUT2D eigenvalue weighted by Gasteiger charge is 2.08. The predicted molar refractivity (Wildman–Crippen MR) is 72.3 cm³/mol. The molecular formula is C13H13N3OS. The van der Waals surface area contributed by atoms with Gasteiger partial charge in [0, 0.05) is 18.1 Å². The van der Waals surface area contributed by atoms with Gasteiger partial charge < -0.3 is 5.32 Å². The van der Waals surface area contributed by atoms with E-state index in [9.17, 15) is 4.79 Å². The Morgan fingerprint density at radius 1 is 1.50 bits per heavy atom. The number of carbonyl (C=O) groups excluding carboxylic acids is 1. The third-order valence-corrected chi connectivity index (χ3v) is 3.13.